The van der Waals surface area contributed by atoms with E-state index >= 15 is 0 Å². The molecule has 1 saturated heterocycles. The molecule has 1 fully saturated rings. The fourth-order valence-corrected chi connectivity index (χ4v) is 2.97. The third-order valence-electron chi connectivity index (χ3n) is 4.08. The quantitative estimate of drug-likeness (QED) is 0.937. The number of hydrogen-bond acceptors (Lipinski definition) is 3. The maximum atomic E-state index is 8.97. The van der Waals surface area contributed by atoms with Crippen molar-refractivity contribution in [2.24, 2.45) is 0 Å². The van der Waals surface area contributed by atoms with Gasteiger partial charge in [-0.3, -0.25) is 0 Å². The molecule has 0 radical (unpaired) electrons. The standard InChI is InChI=1S/C19H20N2O/c20-13-15-6-4-7-16(12-15)14-22-18-10-5-11-21-19(18)17-8-2-1-3-9-17/h1-4,6-9,12,18-19,21H,5,10-11,14H2/t18-,19-/m1/s1. The molecule has 0 spiro atoms. The molecule has 22 heavy (non-hydrogen) atoms. The first kappa shape index (κ1) is 14.8. The Bertz CT molecular complexity index is 648. The SMILES string of the molecule is N#Cc1cccc(CO[C@@H]2CCCN[C@@H]2c2ccccc2)c1. The molecule has 3 nitrogen and oxygen atoms in total. The number of nitrogens with zero attached hydrogens (tertiary/aromatic N) is 1. The fraction of sp³-hybridized carbons (Fsp3) is 0.316. The highest BCUT2D eigenvalue weighted by molar-refractivity contribution is 5.32. The van der Waals surface area contributed by atoms with Crippen molar-refractivity contribution >= 4 is 0 Å². The Hall–Kier alpha value is -2.15. The van der Waals surface area contributed by atoms with Gasteiger partial charge < -0.3 is 10.1 Å². The van der Waals surface area contributed by atoms with Gasteiger partial charge in [-0.2, -0.15) is 5.26 Å². The minimum Gasteiger partial charge on any atom is -0.372 e. The van der Waals surface area contributed by atoms with Crippen molar-refractivity contribution in [3.8, 4) is 6.07 Å². The van der Waals surface area contributed by atoms with Crippen LogP contribution in [0.15, 0.2) is 54.6 Å². The van der Waals surface area contributed by atoms with Crippen molar-refractivity contribution in [2.45, 2.75) is 31.6 Å². The monoisotopic (exact) mass is 292 g/mol. The van der Waals surface area contributed by atoms with Crippen LogP contribution in [0.4, 0.5) is 0 Å². The highest BCUT2D eigenvalue weighted by Gasteiger charge is 2.26. The lowest BCUT2D eigenvalue weighted by atomic mass is 9.94. The molecule has 0 saturated carbocycles. The summed E-state index contributed by atoms with van der Waals surface area (Å²) in [5.74, 6) is 0. The lowest BCUT2D eigenvalue weighted by Gasteiger charge is -2.33. The van der Waals surface area contributed by atoms with Crippen LogP contribution in [0, 0.1) is 11.3 Å². The number of rotatable bonds is 4. The maximum absolute atomic E-state index is 8.97. The van der Waals surface area contributed by atoms with Gasteiger partial charge in [0.1, 0.15) is 0 Å². The molecule has 3 heteroatoms. The Morgan fingerprint density at radius 2 is 2.00 bits per heavy atom. The summed E-state index contributed by atoms with van der Waals surface area (Å²) in [7, 11) is 0. The van der Waals surface area contributed by atoms with Crippen LogP contribution in [-0.2, 0) is 11.3 Å². The molecule has 0 amide bonds. The van der Waals surface area contributed by atoms with E-state index in [-0.39, 0.29) is 12.1 Å². The topological polar surface area (TPSA) is 45.0 Å². The Labute approximate surface area is 131 Å². The normalized spacial score (nSPS) is 21.2. The van der Waals surface area contributed by atoms with E-state index < -0.39 is 0 Å². The number of hydrogen-bond donors (Lipinski definition) is 1. The molecule has 2 atom stereocenters. The Kier molecular flexibility index (Phi) is 4.85. The van der Waals surface area contributed by atoms with E-state index in [9.17, 15) is 0 Å². The Morgan fingerprint density at radius 3 is 2.82 bits per heavy atom. The van der Waals surface area contributed by atoms with Gasteiger partial charge in [-0.15, -0.1) is 0 Å². The van der Waals surface area contributed by atoms with Gasteiger partial charge in [0.15, 0.2) is 0 Å². The molecule has 0 bridgehead atoms. The molecule has 1 heterocycles. The largest absolute Gasteiger partial charge is 0.372 e. The van der Waals surface area contributed by atoms with Crippen molar-refractivity contribution in [2.75, 3.05) is 6.54 Å². The molecule has 2 aromatic rings. The zero-order valence-corrected chi connectivity index (χ0v) is 12.5. The molecule has 0 aromatic heterocycles. The van der Waals surface area contributed by atoms with E-state index in [0.29, 0.717) is 12.2 Å². The van der Waals surface area contributed by atoms with Crippen LogP contribution in [0.5, 0.6) is 0 Å². The van der Waals surface area contributed by atoms with Crippen LogP contribution in [-0.4, -0.2) is 12.6 Å². The summed E-state index contributed by atoms with van der Waals surface area (Å²) in [5.41, 5.74) is 3.01. The van der Waals surface area contributed by atoms with Crippen LogP contribution in [0.3, 0.4) is 0 Å². The highest BCUT2D eigenvalue weighted by Crippen LogP contribution is 2.26. The average Bonchev–Trinajstić information content (AvgIpc) is 2.61. The van der Waals surface area contributed by atoms with Gasteiger partial charge in [-0.1, -0.05) is 42.5 Å². The molecule has 112 valence electrons. The molecule has 0 aliphatic carbocycles. The highest BCUT2D eigenvalue weighted by atomic mass is 16.5. The molecule has 1 aliphatic heterocycles. The van der Waals surface area contributed by atoms with Gasteiger partial charge >= 0.3 is 0 Å². The maximum Gasteiger partial charge on any atom is 0.0991 e. The zero-order valence-electron chi connectivity index (χ0n) is 12.5. The van der Waals surface area contributed by atoms with Crippen LogP contribution < -0.4 is 5.32 Å². The van der Waals surface area contributed by atoms with Gasteiger partial charge in [-0.05, 0) is 42.6 Å². The smallest absolute Gasteiger partial charge is 0.0991 e. The minimum atomic E-state index is 0.168. The number of ether oxygens (including phenoxy) is 1. The predicted molar refractivity (Wildman–Crippen MR) is 86.2 cm³/mol. The summed E-state index contributed by atoms with van der Waals surface area (Å²) >= 11 is 0. The van der Waals surface area contributed by atoms with E-state index in [1.54, 1.807) is 0 Å². The summed E-state index contributed by atoms with van der Waals surface area (Å²) in [6.07, 6.45) is 2.36. The summed E-state index contributed by atoms with van der Waals surface area (Å²) in [6.45, 7) is 1.58. The van der Waals surface area contributed by atoms with Gasteiger partial charge in [0.05, 0.1) is 30.4 Å². The number of piperidine rings is 1. The average molecular weight is 292 g/mol. The third kappa shape index (κ3) is 3.54. The molecule has 1 aliphatic rings. The summed E-state index contributed by atoms with van der Waals surface area (Å²) < 4.78 is 6.16. The Balaban J connectivity index is 1.68. The molecule has 1 N–H and O–H groups in total. The van der Waals surface area contributed by atoms with Crippen molar-refractivity contribution in [1.29, 1.82) is 5.26 Å². The van der Waals surface area contributed by atoms with Crippen molar-refractivity contribution in [1.82, 2.24) is 5.32 Å². The zero-order chi connectivity index (χ0) is 15.2. The summed E-state index contributed by atoms with van der Waals surface area (Å²) in [6, 6.07) is 20.5. The van der Waals surface area contributed by atoms with E-state index in [1.165, 1.54) is 5.56 Å². The lowest BCUT2D eigenvalue weighted by Crippen LogP contribution is -2.39. The van der Waals surface area contributed by atoms with Gasteiger partial charge in [0.25, 0.3) is 0 Å². The number of nitrogens with one attached hydrogen (secondary N) is 1. The molecule has 3 rings (SSSR count). The number of benzene rings is 2. The van der Waals surface area contributed by atoms with Crippen molar-refractivity contribution in [3.63, 3.8) is 0 Å². The molecule has 2 aromatic carbocycles. The van der Waals surface area contributed by atoms with E-state index in [2.05, 4.69) is 35.7 Å². The molecule has 0 unspecified atom stereocenters. The third-order valence-corrected chi connectivity index (χ3v) is 4.08. The second-order valence-corrected chi connectivity index (χ2v) is 5.65. The second-order valence-electron chi connectivity index (χ2n) is 5.65. The van der Waals surface area contributed by atoms with Gasteiger partial charge in [0, 0.05) is 0 Å². The summed E-state index contributed by atoms with van der Waals surface area (Å²) in [5, 5.41) is 12.5. The first-order valence-corrected chi connectivity index (χ1v) is 7.76. The van der Waals surface area contributed by atoms with E-state index in [1.807, 2.05) is 30.3 Å². The first-order chi connectivity index (χ1) is 10.9. The van der Waals surface area contributed by atoms with E-state index in [0.717, 1.165) is 24.9 Å². The van der Waals surface area contributed by atoms with Crippen LogP contribution in [0.1, 0.15) is 35.6 Å². The summed E-state index contributed by atoms with van der Waals surface area (Å²) in [4.78, 5) is 0. The van der Waals surface area contributed by atoms with Gasteiger partial charge in [0.2, 0.25) is 0 Å². The first-order valence-electron chi connectivity index (χ1n) is 7.76. The molecular weight excluding hydrogens is 272 g/mol. The predicted octanol–water partition coefficient (Wildman–Crippen LogP) is 3.57. The van der Waals surface area contributed by atoms with E-state index in [4.69, 9.17) is 10.00 Å². The van der Waals surface area contributed by atoms with Crippen LogP contribution >= 0.6 is 0 Å². The number of nitriles is 1. The van der Waals surface area contributed by atoms with Crippen LogP contribution in [0.25, 0.3) is 0 Å². The lowest BCUT2D eigenvalue weighted by molar-refractivity contribution is -0.00357. The van der Waals surface area contributed by atoms with Crippen molar-refractivity contribution in [3.05, 3.63) is 71.3 Å². The second kappa shape index (κ2) is 7.22. The minimum absolute atomic E-state index is 0.168. The molecular formula is C19H20N2O. The van der Waals surface area contributed by atoms with Gasteiger partial charge in [-0.25, -0.2) is 0 Å². The van der Waals surface area contributed by atoms with Crippen LogP contribution in [0.2, 0.25) is 0 Å². The Morgan fingerprint density at radius 1 is 1.14 bits per heavy atom. The fourth-order valence-electron chi connectivity index (χ4n) is 2.97. The van der Waals surface area contributed by atoms with Crippen molar-refractivity contribution < 1.29 is 4.74 Å².